The molecule has 17 heavy (non-hydrogen) atoms. The third kappa shape index (κ3) is 2.95. The first kappa shape index (κ1) is 13.9. The van der Waals surface area contributed by atoms with Crippen molar-refractivity contribution in [2.75, 3.05) is 27.4 Å². The van der Waals surface area contributed by atoms with E-state index in [1.165, 1.54) is 25.1 Å². The number of nitrogens with zero attached hydrogens (tertiary/aromatic N) is 2. The van der Waals surface area contributed by atoms with Gasteiger partial charge in [-0.25, -0.2) is 4.39 Å². The minimum Gasteiger partial charge on any atom is -0.493 e. The number of ether oxygens (including phenoxy) is 2. The monoisotopic (exact) mass is 245 g/mol. The molecule has 0 saturated heterocycles. The van der Waals surface area contributed by atoms with Crippen LogP contribution >= 0.6 is 0 Å². The van der Waals surface area contributed by atoms with E-state index >= 15 is 0 Å². The molecule has 98 valence electrons. The Morgan fingerprint density at radius 3 is 2.76 bits per heavy atom. The van der Waals surface area contributed by atoms with Crippen LogP contribution in [-0.2, 0) is 17.5 Å². The summed E-state index contributed by atoms with van der Waals surface area (Å²) >= 11 is 0. The molecule has 5 nitrogen and oxygen atoms in total. The van der Waals surface area contributed by atoms with Crippen LogP contribution in [0.4, 0.5) is 4.39 Å². The zero-order valence-corrected chi connectivity index (χ0v) is 10.6. The average Bonchev–Trinajstić information content (AvgIpc) is 2.69. The number of hydrogen-bond donors (Lipinski definition) is 1. The molecule has 1 unspecified atom stereocenters. The number of aryl methyl sites for hydroxylation is 1. The van der Waals surface area contributed by atoms with E-state index in [-0.39, 0.29) is 13.0 Å². The van der Waals surface area contributed by atoms with E-state index in [1.54, 1.807) is 7.05 Å². The second-order valence-corrected chi connectivity index (χ2v) is 3.98. The van der Waals surface area contributed by atoms with Crippen LogP contribution in [0.5, 0.6) is 5.75 Å². The SMILES string of the molecule is COCC(F)(CCCN)c1c(OC)cnn1C. The van der Waals surface area contributed by atoms with Crippen molar-refractivity contribution in [1.82, 2.24) is 9.78 Å². The van der Waals surface area contributed by atoms with Crippen LogP contribution in [0.1, 0.15) is 18.5 Å². The minimum absolute atomic E-state index is 0.0388. The van der Waals surface area contributed by atoms with Crippen LogP contribution in [0.2, 0.25) is 0 Å². The van der Waals surface area contributed by atoms with Gasteiger partial charge in [0.2, 0.25) is 0 Å². The summed E-state index contributed by atoms with van der Waals surface area (Å²) in [4.78, 5) is 0. The van der Waals surface area contributed by atoms with Crippen LogP contribution in [-0.4, -0.2) is 37.2 Å². The molecule has 1 heterocycles. The summed E-state index contributed by atoms with van der Waals surface area (Å²) in [6, 6.07) is 0. The molecule has 1 atom stereocenters. The maximum atomic E-state index is 14.9. The molecule has 1 aromatic heterocycles. The van der Waals surface area contributed by atoms with E-state index in [1.807, 2.05) is 0 Å². The second-order valence-electron chi connectivity index (χ2n) is 3.98. The number of aromatic nitrogens is 2. The van der Waals surface area contributed by atoms with Gasteiger partial charge in [-0.15, -0.1) is 0 Å². The van der Waals surface area contributed by atoms with Crippen LogP contribution in [0.15, 0.2) is 6.20 Å². The summed E-state index contributed by atoms with van der Waals surface area (Å²) < 4.78 is 26.5. The molecule has 0 aliphatic heterocycles. The lowest BCUT2D eigenvalue weighted by Gasteiger charge is -2.25. The van der Waals surface area contributed by atoms with Crippen molar-refractivity contribution in [2.45, 2.75) is 18.5 Å². The van der Waals surface area contributed by atoms with Crippen molar-refractivity contribution in [1.29, 1.82) is 0 Å². The van der Waals surface area contributed by atoms with E-state index in [0.717, 1.165) is 0 Å². The van der Waals surface area contributed by atoms with Crippen LogP contribution < -0.4 is 10.5 Å². The Balaban J connectivity index is 3.06. The Morgan fingerprint density at radius 2 is 2.24 bits per heavy atom. The minimum atomic E-state index is -1.62. The van der Waals surface area contributed by atoms with E-state index in [0.29, 0.717) is 24.4 Å². The summed E-state index contributed by atoms with van der Waals surface area (Å²) in [6.07, 6.45) is 2.36. The Hall–Kier alpha value is -1.14. The average molecular weight is 245 g/mol. The molecule has 0 spiro atoms. The van der Waals surface area contributed by atoms with Crippen molar-refractivity contribution in [3.8, 4) is 5.75 Å². The topological polar surface area (TPSA) is 62.3 Å². The molecular formula is C11H20FN3O2. The van der Waals surface area contributed by atoms with Gasteiger partial charge in [0.05, 0.1) is 19.9 Å². The van der Waals surface area contributed by atoms with Gasteiger partial charge in [0.15, 0.2) is 11.4 Å². The maximum absolute atomic E-state index is 14.9. The first-order chi connectivity index (χ1) is 8.09. The van der Waals surface area contributed by atoms with Gasteiger partial charge < -0.3 is 15.2 Å². The highest BCUT2D eigenvalue weighted by Crippen LogP contribution is 2.36. The predicted molar refractivity (Wildman–Crippen MR) is 62.7 cm³/mol. The Morgan fingerprint density at radius 1 is 1.53 bits per heavy atom. The molecule has 0 saturated carbocycles. The number of alkyl halides is 1. The smallest absolute Gasteiger partial charge is 0.179 e. The lowest BCUT2D eigenvalue weighted by Crippen LogP contribution is -2.30. The fourth-order valence-electron chi connectivity index (χ4n) is 1.95. The number of halogens is 1. The Labute approximate surface area is 101 Å². The molecule has 1 rings (SSSR count). The van der Waals surface area contributed by atoms with E-state index < -0.39 is 5.67 Å². The van der Waals surface area contributed by atoms with E-state index in [2.05, 4.69) is 5.10 Å². The van der Waals surface area contributed by atoms with Crippen molar-refractivity contribution in [2.24, 2.45) is 12.8 Å². The second kappa shape index (κ2) is 5.97. The fraction of sp³-hybridized carbons (Fsp3) is 0.727. The molecule has 0 radical (unpaired) electrons. The van der Waals surface area contributed by atoms with Gasteiger partial charge in [-0.3, -0.25) is 4.68 Å². The molecule has 0 aliphatic carbocycles. The van der Waals surface area contributed by atoms with E-state index in [9.17, 15) is 4.39 Å². The quantitative estimate of drug-likeness (QED) is 0.777. The molecule has 6 heteroatoms. The summed E-state index contributed by atoms with van der Waals surface area (Å²) in [7, 11) is 4.65. The van der Waals surface area contributed by atoms with Crippen molar-refractivity contribution < 1.29 is 13.9 Å². The maximum Gasteiger partial charge on any atom is 0.179 e. The first-order valence-corrected chi connectivity index (χ1v) is 5.53. The summed E-state index contributed by atoms with van der Waals surface area (Å²) in [5.74, 6) is 0.434. The van der Waals surface area contributed by atoms with Crippen LogP contribution in [0.3, 0.4) is 0 Å². The number of methoxy groups -OCH3 is 2. The first-order valence-electron chi connectivity index (χ1n) is 5.53. The molecular weight excluding hydrogens is 225 g/mol. The zero-order chi connectivity index (χ0) is 12.9. The van der Waals surface area contributed by atoms with Crippen molar-refractivity contribution >= 4 is 0 Å². The van der Waals surface area contributed by atoms with Gasteiger partial charge in [0.25, 0.3) is 0 Å². The predicted octanol–water partition coefficient (Wildman–Crippen LogP) is 0.979. The molecule has 1 aromatic rings. The van der Waals surface area contributed by atoms with Crippen LogP contribution in [0, 0.1) is 0 Å². The third-order valence-corrected chi connectivity index (χ3v) is 2.70. The van der Waals surface area contributed by atoms with Crippen molar-refractivity contribution in [3.63, 3.8) is 0 Å². The third-order valence-electron chi connectivity index (χ3n) is 2.70. The van der Waals surface area contributed by atoms with Gasteiger partial charge in [0, 0.05) is 14.2 Å². The molecule has 0 fully saturated rings. The Kier molecular flexibility index (Phi) is 4.89. The highest BCUT2D eigenvalue weighted by atomic mass is 19.1. The van der Waals surface area contributed by atoms with Gasteiger partial charge >= 0.3 is 0 Å². The van der Waals surface area contributed by atoms with Gasteiger partial charge in [0.1, 0.15) is 5.69 Å². The lowest BCUT2D eigenvalue weighted by molar-refractivity contribution is 0.0225. The highest BCUT2D eigenvalue weighted by molar-refractivity contribution is 5.31. The largest absolute Gasteiger partial charge is 0.493 e. The normalized spacial score (nSPS) is 14.6. The summed E-state index contributed by atoms with van der Waals surface area (Å²) in [6.45, 7) is 0.401. The standard InChI is InChI=1S/C11H20FN3O2/c1-15-10(9(17-3)7-14-15)11(12,8-16-2)5-4-6-13/h7H,4-6,8,13H2,1-3H3. The Bertz CT molecular complexity index is 356. The molecule has 0 bridgehead atoms. The number of rotatable bonds is 7. The van der Waals surface area contributed by atoms with Gasteiger partial charge in [-0.2, -0.15) is 5.10 Å². The highest BCUT2D eigenvalue weighted by Gasteiger charge is 2.37. The zero-order valence-electron chi connectivity index (χ0n) is 10.6. The summed E-state index contributed by atoms with van der Waals surface area (Å²) in [5, 5.41) is 4.01. The molecule has 0 aliphatic rings. The van der Waals surface area contributed by atoms with Gasteiger partial charge in [-0.1, -0.05) is 0 Å². The lowest BCUT2D eigenvalue weighted by atomic mass is 9.96. The van der Waals surface area contributed by atoms with Crippen LogP contribution in [0.25, 0.3) is 0 Å². The molecule has 0 aromatic carbocycles. The number of hydrogen-bond acceptors (Lipinski definition) is 4. The molecule has 2 N–H and O–H groups in total. The van der Waals surface area contributed by atoms with E-state index in [4.69, 9.17) is 15.2 Å². The number of nitrogens with two attached hydrogens (primary N) is 1. The molecule has 0 amide bonds. The van der Waals surface area contributed by atoms with Crippen molar-refractivity contribution in [3.05, 3.63) is 11.9 Å². The fourth-order valence-corrected chi connectivity index (χ4v) is 1.95. The van der Waals surface area contributed by atoms with Gasteiger partial charge in [-0.05, 0) is 19.4 Å². The summed E-state index contributed by atoms with van der Waals surface area (Å²) in [5.41, 5.74) is 4.21.